The van der Waals surface area contributed by atoms with Crippen LogP contribution in [0, 0.1) is 0 Å². The molecule has 0 spiro atoms. The highest BCUT2D eigenvalue weighted by Crippen LogP contribution is 2.32. The minimum absolute atomic E-state index is 0.412. The molecule has 0 radical (unpaired) electrons. The largest absolute Gasteiger partial charge is 0.493 e. The Labute approximate surface area is 112 Å². The quantitative estimate of drug-likeness (QED) is 0.734. The number of nitrogens with one attached hydrogen (secondary N) is 1. The van der Waals surface area contributed by atoms with Gasteiger partial charge >= 0.3 is 5.97 Å². The van der Waals surface area contributed by atoms with Crippen LogP contribution in [0.4, 0.5) is 0 Å². The van der Waals surface area contributed by atoms with Crippen LogP contribution in [0.3, 0.4) is 0 Å². The highest BCUT2D eigenvalue weighted by Gasteiger charge is 2.43. The predicted octanol–water partition coefficient (Wildman–Crippen LogP) is 1.67. The summed E-state index contributed by atoms with van der Waals surface area (Å²) in [7, 11) is 1.59. The molecule has 1 fully saturated rings. The molecular formula is C14H19NO4. The number of carboxylic acids is 1. The van der Waals surface area contributed by atoms with Crippen molar-refractivity contribution < 1.29 is 19.4 Å². The van der Waals surface area contributed by atoms with Crippen molar-refractivity contribution in [2.75, 3.05) is 20.3 Å². The molecule has 0 atom stereocenters. The minimum Gasteiger partial charge on any atom is -0.493 e. The fourth-order valence-electron chi connectivity index (χ4n) is 2.19. The molecule has 1 aromatic carbocycles. The van der Waals surface area contributed by atoms with Crippen LogP contribution in [0.25, 0.3) is 0 Å². The smallest absolute Gasteiger partial charge is 0.323 e. The van der Waals surface area contributed by atoms with Gasteiger partial charge in [-0.25, -0.2) is 0 Å². The van der Waals surface area contributed by atoms with Gasteiger partial charge in [-0.3, -0.25) is 10.1 Å². The van der Waals surface area contributed by atoms with Crippen LogP contribution in [0.5, 0.6) is 11.5 Å². The van der Waals surface area contributed by atoms with Gasteiger partial charge in [0, 0.05) is 6.54 Å². The molecular weight excluding hydrogens is 246 g/mol. The first kappa shape index (κ1) is 13.7. The lowest BCUT2D eigenvalue weighted by Gasteiger charge is -2.38. The highest BCUT2D eigenvalue weighted by molar-refractivity contribution is 5.79. The third kappa shape index (κ3) is 2.98. The number of rotatable bonds is 7. The van der Waals surface area contributed by atoms with Gasteiger partial charge in [-0.05, 0) is 31.4 Å². The highest BCUT2D eigenvalue weighted by atomic mass is 16.5. The molecule has 1 saturated carbocycles. The maximum Gasteiger partial charge on any atom is 0.323 e. The maximum atomic E-state index is 11.1. The molecule has 1 aromatic rings. The molecule has 2 N–H and O–H groups in total. The number of methoxy groups -OCH3 is 1. The van der Waals surface area contributed by atoms with E-state index in [1.54, 1.807) is 7.11 Å². The van der Waals surface area contributed by atoms with Crippen molar-refractivity contribution in [3.8, 4) is 11.5 Å². The summed E-state index contributed by atoms with van der Waals surface area (Å²) in [5.74, 6) is 0.583. The molecule has 19 heavy (non-hydrogen) atoms. The molecule has 0 aliphatic heterocycles. The SMILES string of the molecule is COc1ccccc1OCCNC1(C(=O)O)CCC1. The Hall–Kier alpha value is -1.75. The van der Waals surface area contributed by atoms with Crippen LogP contribution in [-0.2, 0) is 4.79 Å². The summed E-state index contributed by atoms with van der Waals surface area (Å²) in [5.41, 5.74) is -0.732. The number of aliphatic carboxylic acids is 1. The molecule has 1 aliphatic carbocycles. The Morgan fingerprint density at radius 3 is 2.58 bits per heavy atom. The fraction of sp³-hybridized carbons (Fsp3) is 0.500. The molecule has 2 rings (SSSR count). The van der Waals surface area contributed by atoms with Crippen molar-refractivity contribution in [1.82, 2.24) is 5.32 Å². The van der Waals surface area contributed by atoms with E-state index >= 15 is 0 Å². The van der Waals surface area contributed by atoms with E-state index < -0.39 is 11.5 Å². The van der Waals surface area contributed by atoms with Gasteiger partial charge in [0.15, 0.2) is 11.5 Å². The van der Waals surface area contributed by atoms with Gasteiger partial charge in [0.25, 0.3) is 0 Å². The molecule has 104 valence electrons. The van der Waals surface area contributed by atoms with Crippen molar-refractivity contribution in [2.45, 2.75) is 24.8 Å². The van der Waals surface area contributed by atoms with Crippen LogP contribution in [0.2, 0.25) is 0 Å². The normalized spacial score (nSPS) is 16.5. The van der Waals surface area contributed by atoms with Gasteiger partial charge in [-0.1, -0.05) is 12.1 Å². The van der Waals surface area contributed by atoms with E-state index in [4.69, 9.17) is 14.6 Å². The van der Waals surface area contributed by atoms with Gasteiger partial charge in [0.05, 0.1) is 7.11 Å². The monoisotopic (exact) mass is 265 g/mol. The summed E-state index contributed by atoms with van der Waals surface area (Å²) < 4.78 is 10.8. The van der Waals surface area contributed by atoms with Crippen molar-refractivity contribution in [2.24, 2.45) is 0 Å². The fourth-order valence-corrected chi connectivity index (χ4v) is 2.19. The lowest BCUT2D eigenvalue weighted by molar-refractivity contribution is -0.148. The molecule has 0 aromatic heterocycles. The van der Waals surface area contributed by atoms with Crippen LogP contribution < -0.4 is 14.8 Å². The van der Waals surface area contributed by atoms with Gasteiger partial charge in [-0.15, -0.1) is 0 Å². The van der Waals surface area contributed by atoms with Gasteiger partial charge in [0.1, 0.15) is 12.1 Å². The zero-order valence-electron chi connectivity index (χ0n) is 11.0. The molecule has 1 aliphatic rings. The van der Waals surface area contributed by atoms with E-state index in [2.05, 4.69) is 5.32 Å². The molecule has 0 amide bonds. The number of hydrogen-bond acceptors (Lipinski definition) is 4. The van der Waals surface area contributed by atoms with E-state index in [-0.39, 0.29) is 0 Å². The van der Waals surface area contributed by atoms with Crippen molar-refractivity contribution in [1.29, 1.82) is 0 Å². The Kier molecular flexibility index (Phi) is 4.27. The number of para-hydroxylation sites is 2. The summed E-state index contributed by atoms with van der Waals surface area (Å²) in [6.07, 6.45) is 2.35. The van der Waals surface area contributed by atoms with Crippen LogP contribution in [0.15, 0.2) is 24.3 Å². The van der Waals surface area contributed by atoms with Crippen molar-refractivity contribution >= 4 is 5.97 Å². The number of carbonyl (C=O) groups is 1. The predicted molar refractivity (Wildman–Crippen MR) is 70.7 cm³/mol. The molecule has 0 saturated heterocycles. The third-order valence-corrected chi connectivity index (χ3v) is 3.51. The summed E-state index contributed by atoms with van der Waals surface area (Å²) >= 11 is 0. The minimum atomic E-state index is -0.768. The second kappa shape index (κ2) is 5.93. The maximum absolute atomic E-state index is 11.1. The molecule has 0 bridgehead atoms. The average molecular weight is 265 g/mol. The van der Waals surface area contributed by atoms with Gasteiger partial charge in [-0.2, -0.15) is 0 Å². The van der Waals surface area contributed by atoms with Crippen molar-refractivity contribution in [3.05, 3.63) is 24.3 Å². The first-order chi connectivity index (χ1) is 9.18. The lowest BCUT2D eigenvalue weighted by Crippen LogP contribution is -2.57. The lowest BCUT2D eigenvalue weighted by atomic mass is 9.77. The van der Waals surface area contributed by atoms with E-state index in [1.807, 2.05) is 24.3 Å². The summed E-state index contributed by atoms with van der Waals surface area (Å²) in [4.78, 5) is 11.1. The molecule has 0 unspecified atom stereocenters. The first-order valence-electron chi connectivity index (χ1n) is 6.42. The Balaban J connectivity index is 1.79. The zero-order chi connectivity index (χ0) is 13.7. The van der Waals surface area contributed by atoms with Gasteiger partial charge in [0.2, 0.25) is 0 Å². The second-order valence-electron chi connectivity index (χ2n) is 4.67. The van der Waals surface area contributed by atoms with E-state index in [9.17, 15) is 4.79 Å². The summed E-state index contributed by atoms with van der Waals surface area (Å²) in [5, 5.41) is 12.2. The van der Waals surface area contributed by atoms with Crippen LogP contribution >= 0.6 is 0 Å². The Morgan fingerprint density at radius 2 is 2.05 bits per heavy atom. The van der Waals surface area contributed by atoms with Crippen LogP contribution in [0.1, 0.15) is 19.3 Å². The first-order valence-corrected chi connectivity index (χ1v) is 6.42. The van der Waals surface area contributed by atoms with E-state index in [1.165, 1.54) is 0 Å². The molecule has 5 nitrogen and oxygen atoms in total. The average Bonchev–Trinajstić information content (AvgIpc) is 2.36. The molecule has 0 heterocycles. The number of carboxylic acid groups (broad SMARTS) is 1. The van der Waals surface area contributed by atoms with Gasteiger partial charge < -0.3 is 14.6 Å². The number of ether oxygens (including phenoxy) is 2. The Bertz CT molecular complexity index is 443. The third-order valence-electron chi connectivity index (χ3n) is 3.51. The summed E-state index contributed by atoms with van der Waals surface area (Å²) in [6.45, 7) is 0.916. The van der Waals surface area contributed by atoms with E-state index in [0.29, 0.717) is 37.5 Å². The molecule has 5 heteroatoms. The van der Waals surface area contributed by atoms with Crippen LogP contribution in [-0.4, -0.2) is 36.9 Å². The number of hydrogen-bond donors (Lipinski definition) is 2. The van der Waals surface area contributed by atoms with Crippen molar-refractivity contribution in [3.63, 3.8) is 0 Å². The summed E-state index contributed by atoms with van der Waals surface area (Å²) in [6, 6.07) is 7.40. The topological polar surface area (TPSA) is 67.8 Å². The number of benzene rings is 1. The van der Waals surface area contributed by atoms with E-state index in [0.717, 1.165) is 6.42 Å². The Morgan fingerprint density at radius 1 is 1.37 bits per heavy atom. The zero-order valence-corrected chi connectivity index (χ0v) is 11.0. The second-order valence-corrected chi connectivity index (χ2v) is 4.67. The standard InChI is InChI=1S/C14H19NO4/c1-18-11-5-2-3-6-12(11)19-10-9-15-14(13(16)17)7-4-8-14/h2-3,5-6,15H,4,7-10H2,1H3,(H,16,17).